The van der Waals surface area contributed by atoms with Crippen LogP contribution in [0, 0.1) is 5.82 Å². The minimum Gasteiger partial charge on any atom is -0.598 e. The predicted molar refractivity (Wildman–Crippen MR) is 155 cm³/mol. The number of ketones is 1. The number of nitrogens with one attached hydrogen (secondary N) is 2. The van der Waals surface area contributed by atoms with Gasteiger partial charge in [0.25, 0.3) is 5.56 Å². The minimum atomic E-state index is -3.72. The van der Waals surface area contributed by atoms with Crippen LogP contribution in [0.4, 0.5) is 10.1 Å². The summed E-state index contributed by atoms with van der Waals surface area (Å²) in [6.45, 7) is 5.21. The molecule has 12 heteroatoms. The quantitative estimate of drug-likeness (QED) is 0.226. The number of unbranched alkanes of at least 4 members (excludes halogenated alkanes) is 1. The van der Waals surface area contributed by atoms with Crippen molar-refractivity contribution in [2.45, 2.75) is 39.7 Å². The number of pyridine rings is 1. The fourth-order valence-electron chi connectivity index (χ4n) is 3.88. The first kappa shape index (κ1) is 30.8. The summed E-state index contributed by atoms with van der Waals surface area (Å²) in [4.78, 5) is 26.3. The molecule has 1 heterocycles. The topological polar surface area (TPSA) is 120 Å². The number of rotatable bonds is 12. The number of hydrogen-bond donors (Lipinski definition) is 2. The Balaban J connectivity index is 2.26. The Kier molecular flexibility index (Phi) is 10.4. The van der Waals surface area contributed by atoms with Crippen LogP contribution in [0.3, 0.4) is 0 Å². The zero-order valence-electron chi connectivity index (χ0n) is 22.1. The molecule has 3 aromatic rings. The maximum atomic E-state index is 13.6. The molecule has 2 aromatic carbocycles. The number of aryl methyl sites for hydroxylation is 1. The molecular formula is C27H31ClFN3O5S2. The van der Waals surface area contributed by atoms with Crippen molar-refractivity contribution in [2.75, 3.05) is 16.2 Å². The number of halogens is 2. The fraction of sp³-hybridized carbons (Fsp3) is 0.333. The predicted octanol–water partition coefficient (Wildman–Crippen LogP) is 4.95. The molecule has 3 rings (SSSR count). The lowest BCUT2D eigenvalue weighted by Crippen LogP contribution is -2.31. The number of hydrogen-bond acceptors (Lipinski definition) is 6. The molecule has 0 saturated heterocycles. The molecule has 0 bridgehead atoms. The number of nitrogens with zero attached hydrogens (tertiary/aromatic N) is 1. The van der Waals surface area contributed by atoms with E-state index in [1.165, 1.54) is 48.0 Å². The second-order valence-electron chi connectivity index (χ2n) is 9.05. The van der Waals surface area contributed by atoms with E-state index >= 15 is 0 Å². The molecule has 0 aliphatic heterocycles. The highest BCUT2D eigenvalue weighted by Crippen LogP contribution is 2.37. The summed E-state index contributed by atoms with van der Waals surface area (Å²) < 4.78 is 57.6. The molecule has 0 spiro atoms. The van der Waals surface area contributed by atoms with E-state index in [4.69, 9.17) is 11.6 Å². The average molecular weight is 596 g/mol. The highest BCUT2D eigenvalue weighted by molar-refractivity contribution is 7.92. The van der Waals surface area contributed by atoms with Gasteiger partial charge in [-0.2, -0.15) is 0 Å². The molecule has 2 N–H and O–H groups in total. The summed E-state index contributed by atoms with van der Waals surface area (Å²) in [6.07, 6.45) is 3.16. The summed E-state index contributed by atoms with van der Waals surface area (Å²) in [5.74, 6) is -0.766. The van der Waals surface area contributed by atoms with Gasteiger partial charge in [0.15, 0.2) is 5.78 Å². The van der Waals surface area contributed by atoms with Crippen LogP contribution in [0.1, 0.15) is 61.1 Å². The maximum absolute atomic E-state index is 13.6. The first-order valence-corrected chi connectivity index (χ1v) is 15.7. The smallest absolute Gasteiger partial charge is 0.250 e. The standard InChI is InChI=1S/C27H31ClFN3O5S2/c1-5-7-12-38(35)30-17(3)20-15-26(33)32(4)16-23(20)21-14-25(31-39(36,37)6-2)24(28)13-22(21)27(34)18-8-10-19(29)11-9-18/h8-11,13-17,30-31H,5-7,12H2,1-4H3/t17-,38?/m0/s1. The van der Waals surface area contributed by atoms with Gasteiger partial charge in [0.05, 0.1) is 22.5 Å². The first-order chi connectivity index (χ1) is 18.4. The molecule has 39 heavy (non-hydrogen) atoms. The monoisotopic (exact) mass is 595 g/mol. The van der Waals surface area contributed by atoms with Crippen LogP contribution in [-0.4, -0.2) is 34.8 Å². The fourth-order valence-corrected chi connectivity index (χ4v) is 5.99. The molecule has 1 aromatic heterocycles. The Hall–Kier alpha value is -2.70. The summed E-state index contributed by atoms with van der Waals surface area (Å²) >= 11 is 5.07. The van der Waals surface area contributed by atoms with E-state index in [9.17, 15) is 27.0 Å². The molecule has 0 fully saturated rings. The highest BCUT2D eigenvalue weighted by Gasteiger charge is 2.25. The molecule has 0 radical (unpaired) electrons. The summed E-state index contributed by atoms with van der Waals surface area (Å²) in [5.41, 5.74) is 1.22. The second kappa shape index (κ2) is 13.1. The van der Waals surface area contributed by atoms with E-state index in [1.807, 2.05) is 6.92 Å². The number of carbonyl (C=O) groups excluding carboxylic acids is 1. The maximum Gasteiger partial charge on any atom is 0.250 e. The van der Waals surface area contributed by atoms with Gasteiger partial charge in [-0.05, 0) is 67.8 Å². The van der Waals surface area contributed by atoms with Crippen LogP contribution < -0.4 is 15.0 Å². The molecule has 0 aliphatic rings. The van der Waals surface area contributed by atoms with Gasteiger partial charge in [-0.1, -0.05) is 24.9 Å². The zero-order valence-corrected chi connectivity index (χ0v) is 24.5. The Morgan fingerprint density at radius 1 is 1.15 bits per heavy atom. The van der Waals surface area contributed by atoms with Crippen molar-refractivity contribution in [1.82, 2.24) is 9.29 Å². The summed E-state index contributed by atoms with van der Waals surface area (Å²) in [7, 11) is -2.17. The van der Waals surface area contributed by atoms with E-state index in [0.29, 0.717) is 22.4 Å². The lowest BCUT2D eigenvalue weighted by Gasteiger charge is -2.22. The van der Waals surface area contributed by atoms with Crippen molar-refractivity contribution in [1.29, 1.82) is 0 Å². The van der Waals surface area contributed by atoms with E-state index in [0.717, 1.165) is 25.0 Å². The van der Waals surface area contributed by atoms with Gasteiger partial charge in [0, 0.05) is 47.4 Å². The van der Waals surface area contributed by atoms with E-state index < -0.39 is 39.0 Å². The van der Waals surface area contributed by atoms with E-state index in [2.05, 4.69) is 9.44 Å². The van der Waals surface area contributed by atoms with Crippen LogP contribution in [0.15, 0.2) is 53.5 Å². The molecule has 1 unspecified atom stereocenters. The van der Waals surface area contributed by atoms with Crippen LogP contribution in [0.5, 0.6) is 0 Å². The lowest BCUT2D eigenvalue weighted by molar-refractivity contribution is 0.103. The lowest BCUT2D eigenvalue weighted by atomic mass is 9.90. The number of sulfonamides is 1. The molecule has 210 valence electrons. The normalized spacial score (nSPS) is 13.2. The van der Waals surface area contributed by atoms with Crippen LogP contribution in [0.25, 0.3) is 11.1 Å². The third-order valence-corrected chi connectivity index (χ3v) is 8.99. The minimum absolute atomic E-state index is 0.0144. The number of carbonyl (C=O) groups is 1. The second-order valence-corrected chi connectivity index (χ2v) is 12.8. The number of anilines is 1. The summed E-state index contributed by atoms with van der Waals surface area (Å²) in [5, 5.41) is -0.0144. The van der Waals surface area contributed by atoms with Crippen LogP contribution in [0.2, 0.25) is 5.02 Å². The van der Waals surface area contributed by atoms with Gasteiger partial charge in [-0.15, -0.1) is 4.72 Å². The van der Waals surface area contributed by atoms with E-state index in [1.54, 1.807) is 14.0 Å². The molecule has 8 nitrogen and oxygen atoms in total. The zero-order chi connectivity index (χ0) is 28.9. The Morgan fingerprint density at radius 3 is 2.44 bits per heavy atom. The van der Waals surface area contributed by atoms with Crippen molar-refractivity contribution in [3.8, 4) is 11.1 Å². The molecule has 0 aliphatic carbocycles. The largest absolute Gasteiger partial charge is 0.598 e. The SMILES string of the molecule is CCCC[S+]([O-])N[C@@H](C)c1cc(=O)n(C)cc1-c1cc(NS(=O)(=O)CC)c(Cl)cc1C(=O)c1ccc(F)cc1. The summed E-state index contributed by atoms with van der Waals surface area (Å²) in [6, 6.07) is 8.62. The molecule has 2 atom stereocenters. The van der Waals surface area contributed by atoms with Crippen molar-refractivity contribution < 1.29 is 22.2 Å². The molecule has 0 saturated carbocycles. The first-order valence-electron chi connectivity index (χ1n) is 12.4. The van der Waals surface area contributed by atoms with Crippen LogP contribution in [-0.2, 0) is 28.4 Å². The Bertz CT molecular complexity index is 1510. The van der Waals surface area contributed by atoms with Gasteiger partial charge in [0.1, 0.15) is 11.6 Å². The van der Waals surface area contributed by atoms with Crippen LogP contribution >= 0.6 is 11.6 Å². The highest BCUT2D eigenvalue weighted by atomic mass is 35.5. The molecular weight excluding hydrogens is 565 g/mol. The van der Waals surface area contributed by atoms with Crippen molar-refractivity contribution in [3.05, 3.63) is 86.5 Å². The van der Waals surface area contributed by atoms with Crippen molar-refractivity contribution in [2.24, 2.45) is 7.05 Å². The average Bonchev–Trinajstić information content (AvgIpc) is 2.89. The van der Waals surface area contributed by atoms with Gasteiger partial charge >= 0.3 is 0 Å². The number of benzene rings is 2. The van der Waals surface area contributed by atoms with Gasteiger partial charge in [-0.3, -0.25) is 14.3 Å². The van der Waals surface area contributed by atoms with Crippen molar-refractivity contribution in [3.63, 3.8) is 0 Å². The molecule has 0 amide bonds. The van der Waals surface area contributed by atoms with Gasteiger partial charge < -0.3 is 9.12 Å². The third-order valence-electron chi connectivity index (χ3n) is 6.11. The Labute approximate surface area is 236 Å². The van der Waals surface area contributed by atoms with Gasteiger partial charge in [0.2, 0.25) is 10.0 Å². The Morgan fingerprint density at radius 2 is 1.82 bits per heavy atom. The number of aromatic nitrogens is 1. The van der Waals surface area contributed by atoms with E-state index in [-0.39, 0.29) is 33.1 Å². The van der Waals surface area contributed by atoms with Crippen molar-refractivity contribution >= 4 is 44.5 Å². The third kappa shape index (κ3) is 7.70. The van der Waals surface area contributed by atoms with Gasteiger partial charge in [-0.25, -0.2) is 12.8 Å².